The van der Waals surface area contributed by atoms with Gasteiger partial charge in [0.2, 0.25) is 5.91 Å². The Morgan fingerprint density at radius 3 is 2.35 bits per heavy atom. The van der Waals surface area contributed by atoms with Gasteiger partial charge < -0.3 is 4.90 Å². The summed E-state index contributed by atoms with van der Waals surface area (Å²) in [5, 5.41) is 0. The van der Waals surface area contributed by atoms with Gasteiger partial charge in [0, 0.05) is 25.4 Å². The zero-order valence-electron chi connectivity index (χ0n) is 11.8. The van der Waals surface area contributed by atoms with E-state index in [4.69, 9.17) is 0 Å². The summed E-state index contributed by atoms with van der Waals surface area (Å²) in [6.45, 7) is 3.18. The van der Waals surface area contributed by atoms with Crippen LogP contribution in [-0.2, 0) is 16.0 Å². The van der Waals surface area contributed by atoms with Crippen LogP contribution in [0.25, 0.3) is 0 Å². The smallest absolute Gasteiger partial charge is 0.226 e. The number of carbonyl (C=O) groups is 2. The molecule has 0 unspecified atom stereocenters. The second-order valence-corrected chi connectivity index (χ2v) is 5.28. The van der Waals surface area contributed by atoms with E-state index in [0.29, 0.717) is 31.7 Å². The van der Waals surface area contributed by atoms with Crippen molar-refractivity contribution >= 4 is 11.7 Å². The van der Waals surface area contributed by atoms with E-state index in [2.05, 4.69) is 0 Å². The third-order valence-corrected chi connectivity index (χ3v) is 3.92. The van der Waals surface area contributed by atoms with E-state index in [1.165, 1.54) is 12.1 Å². The second-order valence-electron chi connectivity index (χ2n) is 5.28. The number of ketones is 1. The van der Waals surface area contributed by atoms with Crippen molar-refractivity contribution in [2.45, 2.75) is 32.6 Å². The highest BCUT2D eigenvalue weighted by atomic mass is 19.1. The number of hydrogen-bond acceptors (Lipinski definition) is 2. The molecule has 0 N–H and O–H groups in total. The Hall–Kier alpha value is -1.71. The van der Waals surface area contributed by atoms with Crippen molar-refractivity contribution in [1.82, 2.24) is 4.90 Å². The van der Waals surface area contributed by atoms with Gasteiger partial charge in [-0.3, -0.25) is 9.59 Å². The third kappa shape index (κ3) is 3.65. The van der Waals surface area contributed by atoms with Gasteiger partial charge in [-0.05, 0) is 30.5 Å². The summed E-state index contributed by atoms with van der Waals surface area (Å²) in [5.74, 6) is 0.185. The summed E-state index contributed by atoms with van der Waals surface area (Å²) >= 11 is 0. The topological polar surface area (TPSA) is 37.4 Å². The standard InChI is InChI=1S/C16H20FNO2/c1-2-15(19)13-7-9-18(10-8-13)16(20)11-12-3-5-14(17)6-4-12/h3-6,13H,2,7-11H2,1H3. The highest BCUT2D eigenvalue weighted by molar-refractivity contribution is 5.82. The molecular formula is C16H20FNO2. The van der Waals surface area contributed by atoms with E-state index in [1.54, 1.807) is 12.1 Å². The van der Waals surface area contributed by atoms with Crippen molar-refractivity contribution in [3.8, 4) is 0 Å². The van der Waals surface area contributed by atoms with Gasteiger partial charge in [0.1, 0.15) is 11.6 Å². The first-order valence-corrected chi connectivity index (χ1v) is 7.15. The minimum atomic E-state index is -0.292. The monoisotopic (exact) mass is 277 g/mol. The molecule has 1 aliphatic rings. The van der Waals surface area contributed by atoms with Crippen LogP contribution in [0.3, 0.4) is 0 Å². The van der Waals surface area contributed by atoms with E-state index in [-0.39, 0.29) is 17.6 Å². The molecule has 1 aromatic carbocycles. The fraction of sp³-hybridized carbons (Fsp3) is 0.500. The average molecular weight is 277 g/mol. The van der Waals surface area contributed by atoms with Gasteiger partial charge in [0.05, 0.1) is 6.42 Å². The van der Waals surface area contributed by atoms with E-state index in [1.807, 2.05) is 11.8 Å². The van der Waals surface area contributed by atoms with E-state index >= 15 is 0 Å². The van der Waals surface area contributed by atoms with Crippen molar-refractivity contribution < 1.29 is 14.0 Å². The lowest BCUT2D eigenvalue weighted by Gasteiger charge is -2.31. The minimum absolute atomic E-state index is 0.0546. The number of benzene rings is 1. The first-order chi connectivity index (χ1) is 9.60. The quantitative estimate of drug-likeness (QED) is 0.848. The van der Waals surface area contributed by atoms with E-state index in [0.717, 1.165) is 18.4 Å². The van der Waals surface area contributed by atoms with Crippen LogP contribution in [0.1, 0.15) is 31.7 Å². The molecular weight excluding hydrogens is 257 g/mol. The average Bonchev–Trinajstić information content (AvgIpc) is 2.49. The van der Waals surface area contributed by atoms with Gasteiger partial charge in [-0.1, -0.05) is 19.1 Å². The highest BCUT2D eigenvalue weighted by Crippen LogP contribution is 2.20. The first kappa shape index (κ1) is 14.7. The lowest BCUT2D eigenvalue weighted by Crippen LogP contribution is -2.40. The molecule has 0 aliphatic carbocycles. The summed E-state index contributed by atoms with van der Waals surface area (Å²) in [5.41, 5.74) is 0.822. The van der Waals surface area contributed by atoms with Crippen LogP contribution in [0.15, 0.2) is 24.3 Å². The van der Waals surface area contributed by atoms with Crippen LogP contribution < -0.4 is 0 Å². The van der Waals surface area contributed by atoms with Crippen LogP contribution in [0.2, 0.25) is 0 Å². The molecule has 0 bridgehead atoms. The summed E-state index contributed by atoms with van der Waals surface area (Å²) < 4.78 is 12.8. The third-order valence-electron chi connectivity index (χ3n) is 3.92. The molecule has 1 heterocycles. The number of carbonyl (C=O) groups excluding carboxylic acids is 2. The van der Waals surface area contributed by atoms with Crippen molar-refractivity contribution in [2.24, 2.45) is 5.92 Å². The number of rotatable bonds is 4. The number of hydrogen-bond donors (Lipinski definition) is 0. The Morgan fingerprint density at radius 2 is 1.80 bits per heavy atom. The largest absolute Gasteiger partial charge is 0.342 e. The first-order valence-electron chi connectivity index (χ1n) is 7.15. The number of likely N-dealkylation sites (tertiary alicyclic amines) is 1. The Kier molecular flexibility index (Phi) is 4.88. The predicted octanol–water partition coefficient (Wildman–Crippen LogP) is 2.59. The maximum Gasteiger partial charge on any atom is 0.226 e. The molecule has 1 fully saturated rings. The van der Waals surface area contributed by atoms with Gasteiger partial charge in [-0.15, -0.1) is 0 Å². The van der Waals surface area contributed by atoms with Crippen molar-refractivity contribution in [2.75, 3.05) is 13.1 Å². The van der Waals surface area contributed by atoms with Gasteiger partial charge >= 0.3 is 0 Å². The molecule has 0 spiro atoms. The Bertz CT molecular complexity index is 476. The maximum absolute atomic E-state index is 12.8. The highest BCUT2D eigenvalue weighted by Gasteiger charge is 2.26. The number of nitrogens with zero attached hydrogens (tertiary/aromatic N) is 1. The van der Waals surface area contributed by atoms with Crippen molar-refractivity contribution in [3.63, 3.8) is 0 Å². The van der Waals surface area contributed by atoms with E-state index in [9.17, 15) is 14.0 Å². The molecule has 0 aromatic heterocycles. The Labute approximate surface area is 118 Å². The van der Waals surface area contributed by atoms with Gasteiger partial charge in [0.15, 0.2) is 0 Å². The van der Waals surface area contributed by atoms with Crippen LogP contribution >= 0.6 is 0 Å². The fourth-order valence-electron chi connectivity index (χ4n) is 2.63. The summed E-state index contributed by atoms with van der Waals surface area (Å²) in [4.78, 5) is 25.6. The lowest BCUT2D eigenvalue weighted by atomic mass is 9.91. The van der Waals surface area contributed by atoms with Gasteiger partial charge in [-0.25, -0.2) is 4.39 Å². The molecule has 0 saturated carbocycles. The maximum atomic E-state index is 12.8. The molecule has 20 heavy (non-hydrogen) atoms. The number of Topliss-reactive ketones (excluding diaryl/α,β-unsaturated/α-hetero) is 1. The summed E-state index contributed by atoms with van der Waals surface area (Å²) in [7, 11) is 0. The molecule has 108 valence electrons. The second kappa shape index (κ2) is 6.64. The number of halogens is 1. The SMILES string of the molecule is CCC(=O)C1CCN(C(=O)Cc2ccc(F)cc2)CC1. The number of piperidine rings is 1. The normalized spacial score (nSPS) is 16.2. The lowest BCUT2D eigenvalue weighted by molar-refractivity contribution is -0.134. The molecule has 0 atom stereocenters. The van der Waals surface area contributed by atoms with Crippen LogP contribution in [0, 0.1) is 11.7 Å². The molecule has 4 heteroatoms. The van der Waals surface area contributed by atoms with Gasteiger partial charge in [-0.2, -0.15) is 0 Å². The fourth-order valence-corrected chi connectivity index (χ4v) is 2.63. The molecule has 1 aliphatic heterocycles. The van der Waals surface area contributed by atoms with Crippen LogP contribution in [0.5, 0.6) is 0 Å². The van der Waals surface area contributed by atoms with Crippen molar-refractivity contribution in [1.29, 1.82) is 0 Å². The zero-order valence-corrected chi connectivity index (χ0v) is 11.8. The predicted molar refractivity (Wildman–Crippen MR) is 74.7 cm³/mol. The molecule has 1 saturated heterocycles. The van der Waals surface area contributed by atoms with Gasteiger partial charge in [0.25, 0.3) is 0 Å². The van der Waals surface area contributed by atoms with Crippen LogP contribution in [0.4, 0.5) is 4.39 Å². The van der Waals surface area contributed by atoms with E-state index < -0.39 is 0 Å². The Morgan fingerprint density at radius 1 is 1.20 bits per heavy atom. The zero-order chi connectivity index (χ0) is 14.5. The van der Waals surface area contributed by atoms with Crippen LogP contribution in [-0.4, -0.2) is 29.7 Å². The summed E-state index contributed by atoms with van der Waals surface area (Å²) in [6, 6.07) is 6.02. The molecule has 1 aromatic rings. The van der Waals surface area contributed by atoms with Crippen molar-refractivity contribution in [3.05, 3.63) is 35.6 Å². The molecule has 2 rings (SSSR count). The summed E-state index contributed by atoms with van der Waals surface area (Å²) in [6.07, 6.45) is 2.41. The Balaban J connectivity index is 1.85. The minimum Gasteiger partial charge on any atom is -0.342 e. The molecule has 0 radical (unpaired) electrons. The number of amides is 1. The molecule has 1 amide bonds. The molecule has 3 nitrogen and oxygen atoms in total.